The minimum Gasteiger partial charge on any atom is -0.390 e. The Kier molecular flexibility index (Phi) is 4.98. The molecule has 0 aliphatic heterocycles. The van der Waals surface area contributed by atoms with Crippen molar-refractivity contribution in [1.82, 2.24) is 4.90 Å². The smallest absolute Gasteiger partial charge is 0.390 e. The number of aliphatic hydroxyl groups excluding tert-OH is 1. The Balaban J connectivity index is 2.58. The van der Waals surface area contributed by atoms with Crippen LogP contribution in [0.1, 0.15) is 5.56 Å². The normalized spacial score (nSPS) is 13.7. The van der Waals surface area contributed by atoms with Gasteiger partial charge in [-0.1, -0.05) is 6.07 Å². The number of likely N-dealkylation sites (N-methyl/N-ethyl adjacent to an activating group) is 1. The summed E-state index contributed by atoms with van der Waals surface area (Å²) in [6.45, 7) is 0.658. The first kappa shape index (κ1) is 14.8. The van der Waals surface area contributed by atoms with Crippen molar-refractivity contribution in [2.45, 2.75) is 12.3 Å². The number of nitrogens with zero attached hydrogens (tertiary/aromatic N) is 1. The van der Waals surface area contributed by atoms with E-state index < -0.39 is 17.8 Å². The molecule has 0 aromatic heterocycles. The third-order valence-electron chi connectivity index (χ3n) is 2.31. The van der Waals surface area contributed by atoms with Gasteiger partial charge in [0, 0.05) is 18.8 Å². The fraction of sp³-hybridized carbons (Fsp3) is 0.500. The molecule has 1 rings (SSSR count). The summed E-state index contributed by atoms with van der Waals surface area (Å²) in [5.41, 5.74) is -0.350. The van der Waals surface area contributed by atoms with Crippen LogP contribution in [0.15, 0.2) is 24.3 Å². The van der Waals surface area contributed by atoms with E-state index in [1.807, 2.05) is 14.1 Å². The average Bonchev–Trinajstić information content (AvgIpc) is 2.25. The van der Waals surface area contributed by atoms with Gasteiger partial charge in [-0.2, -0.15) is 13.2 Å². The van der Waals surface area contributed by atoms with Gasteiger partial charge in [-0.3, -0.25) is 0 Å². The maximum Gasteiger partial charge on any atom is 0.416 e. The number of nitrogens with one attached hydrogen (secondary N) is 1. The molecule has 2 N–H and O–H groups in total. The Morgan fingerprint density at radius 2 is 2.00 bits per heavy atom. The van der Waals surface area contributed by atoms with Crippen LogP contribution < -0.4 is 5.32 Å². The van der Waals surface area contributed by atoms with E-state index in [0.717, 1.165) is 12.1 Å². The second-order valence-electron chi connectivity index (χ2n) is 4.38. The zero-order valence-electron chi connectivity index (χ0n) is 10.3. The monoisotopic (exact) mass is 262 g/mol. The quantitative estimate of drug-likeness (QED) is 0.852. The molecule has 6 heteroatoms. The number of anilines is 1. The van der Waals surface area contributed by atoms with E-state index >= 15 is 0 Å². The van der Waals surface area contributed by atoms with Gasteiger partial charge in [0.2, 0.25) is 0 Å². The Morgan fingerprint density at radius 1 is 1.33 bits per heavy atom. The van der Waals surface area contributed by atoms with Gasteiger partial charge in [0.1, 0.15) is 0 Å². The number of alkyl halides is 3. The van der Waals surface area contributed by atoms with E-state index in [9.17, 15) is 18.3 Å². The van der Waals surface area contributed by atoms with E-state index in [1.165, 1.54) is 12.1 Å². The molecule has 0 aliphatic rings. The summed E-state index contributed by atoms with van der Waals surface area (Å²) in [6, 6.07) is 4.92. The van der Waals surface area contributed by atoms with Gasteiger partial charge >= 0.3 is 6.18 Å². The molecule has 0 bridgehead atoms. The fourth-order valence-corrected chi connectivity index (χ4v) is 1.53. The van der Waals surface area contributed by atoms with Crippen LogP contribution in [0.2, 0.25) is 0 Å². The van der Waals surface area contributed by atoms with Crippen molar-refractivity contribution in [2.75, 3.05) is 32.5 Å². The van der Waals surface area contributed by atoms with Gasteiger partial charge in [0.15, 0.2) is 0 Å². The van der Waals surface area contributed by atoms with Crippen molar-refractivity contribution >= 4 is 5.69 Å². The molecule has 18 heavy (non-hydrogen) atoms. The van der Waals surface area contributed by atoms with Gasteiger partial charge in [0.25, 0.3) is 0 Å². The van der Waals surface area contributed by atoms with E-state index in [2.05, 4.69) is 5.32 Å². The third-order valence-corrected chi connectivity index (χ3v) is 2.31. The standard InChI is InChI=1S/C12H17F3N2O/c1-17(2)8-11(18)7-16-10-5-3-4-9(6-10)12(13,14)15/h3-6,11,16,18H,7-8H2,1-2H3. The minimum atomic E-state index is -4.35. The van der Waals surface area contributed by atoms with Crippen molar-refractivity contribution in [2.24, 2.45) is 0 Å². The highest BCUT2D eigenvalue weighted by molar-refractivity contribution is 5.46. The molecule has 102 valence electrons. The number of aliphatic hydroxyl groups is 1. The first-order chi connectivity index (χ1) is 8.29. The van der Waals surface area contributed by atoms with Gasteiger partial charge in [-0.05, 0) is 32.3 Å². The second-order valence-corrected chi connectivity index (χ2v) is 4.38. The van der Waals surface area contributed by atoms with Crippen molar-refractivity contribution in [3.63, 3.8) is 0 Å². The van der Waals surface area contributed by atoms with Gasteiger partial charge in [0.05, 0.1) is 11.7 Å². The number of halogens is 3. The lowest BCUT2D eigenvalue weighted by molar-refractivity contribution is -0.137. The molecule has 0 amide bonds. The lowest BCUT2D eigenvalue weighted by atomic mass is 10.2. The number of hydrogen-bond acceptors (Lipinski definition) is 3. The Hall–Kier alpha value is -1.27. The fourth-order valence-electron chi connectivity index (χ4n) is 1.53. The lowest BCUT2D eigenvalue weighted by Crippen LogP contribution is -2.31. The summed E-state index contributed by atoms with van der Waals surface area (Å²) < 4.78 is 37.4. The molecule has 3 nitrogen and oxygen atoms in total. The first-order valence-corrected chi connectivity index (χ1v) is 5.53. The molecule has 1 aromatic rings. The Morgan fingerprint density at radius 3 is 2.56 bits per heavy atom. The summed E-state index contributed by atoms with van der Waals surface area (Å²) in [5.74, 6) is 0. The third kappa shape index (κ3) is 4.93. The molecule has 0 saturated heterocycles. The molecule has 0 radical (unpaired) electrons. The zero-order chi connectivity index (χ0) is 13.8. The molecule has 1 unspecified atom stereocenters. The highest BCUT2D eigenvalue weighted by Crippen LogP contribution is 2.30. The van der Waals surface area contributed by atoms with Crippen LogP contribution in [-0.4, -0.2) is 43.3 Å². The predicted octanol–water partition coefficient (Wildman–Crippen LogP) is 2.04. The van der Waals surface area contributed by atoms with E-state index in [-0.39, 0.29) is 6.54 Å². The summed E-state index contributed by atoms with van der Waals surface area (Å²) in [7, 11) is 3.63. The highest BCUT2D eigenvalue weighted by atomic mass is 19.4. The Bertz CT molecular complexity index is 380. The topological polar surface area (TPSA) is 35.5 Å². The van der Waals surface area contributed by atoms with Gasteiger partial charge in [-0.25, -0.2) is 0 Å². The summed E-state index contributed by atoms with van der Waals surface area (Å²) in [6.07, 6.45) is -4.98. The molecule has 0 aliphatic carbocycles. The van der Waals surface area contributed by atoms with Crippen LogP contribution in [0.25, 0.3) is 0 Å². The maximum atomic E-state index is 12.5. The summed E-state index contributed by atoms with van der Waals surface area (Å²) >= 11 is 0. The molecule has 1 aromatic carbocycles. The molecule has 0 saturated carbocycles. The molecular weight excluding hydrogens is 245 g/mol. The van der Waals surface area contributed by atoms with Crippen LogP contribution in [-0.2, 0) is 6.18 Å². The molecule has 0 spiro atoms. The second kappa shape index (κ2) is 6.06. The lowest BCUT2D eigenvalue weighted by Gasteiger charge is -2.17. The van der Waals surface area contributed by atoms with Crippen LogP contribution in [0, 0.1) is 0 Å². The van der Waals surface area contributed by atoms with Crippen LogP contribution in [0.3, 0.4) is 0 Å². The van der Waals surface area contributed by atoms with Crippen LogP contribution >= 0.6 is 0 Å². The van der Waals surface area contributed by atoms with Gasteiger partial charge in [-0.15, -0.1) is 0 Å². The maximum absolute atomic E-state index is 12.5. The van der Waals surface area contributed by atoms with Crippen molar-refractivity contribution in [3.05, 3.63) is 29.8 Å². The van der Waals surface area contributed by atoms with Crippen molar-refractivity contribution < 1.29 is 18.3 Å². The SMILES string of the molecule is CN(C)CC(O)CNc1cccc(C(F)(F)F)c1. The molecule has 1 atom stereocenters. The largest absolute Gasteiger partial charge is 0.416 e. The summed E-state index contributed by atoms with van der Waals surface area (Å²) in [5, 5.41) is 12.4. The predicted molar refractivity (Wildman–Crippen MR) is 64.5 cm³/mol. The number of rotatable bonds is 5. The van der Waals surface area contributed by atoms with Crippen LogP contribution in [0.4, 0.5) is 18.9 Å². The van der Waals surface area contributed by atoms with Crippen molar-refractivity contribution in [3.8, 4) is 0 Å². The number of hydrogen-bond donors (Lipinski definition) is 2. The van der Waals surface area contributed by atoms with Gasteiger partial charge < -0.3 is 15.3 Å². The van der Waals surface area contributed by atoms with Crippen molar-refractivity contribution in [1.29, 1.82) is 0 Å². The number of benzene rings is 1. The molecule has 0 heterocycles. The summed E-state index contributed by atoms with van der Waals surface area (Å²) in [4.78, 5) is 1.80. The first-order valence-electron chi connectivity index (χ1n) is 5.53. The molecular formula is C12H17F3N2O. The molecule has 0 fully saturated rings. The minimum absolute atomic E-state index is 0.208. The highest BCUT2D eigenvalue weighted by Gasteiger charge is 2.30. The zero-order valence-corrected chi connectivity index (χ0v) is 10.3. The van der Waals surface area contributed by atoms with E-state index in [4.69, 9.17) is 0 Å². The average molecular weight is 262 g/mol. The van der Waals surface area contributed by atoms with Crippen LogP contribution in [0.5, 0.6) is 0 Å². The van der Waals surface area contributed by atoms with E-state index in [0.29, 0.717) is 12.2 Å². The Labute approximate surface area is 104 Å². The van der Waals surface area contributed by atoms with E-state index in [1.54, 1.807) is 4.90 Å².